The highest BCUT2D eigenvalue weighted by Gasteiger charge is 2.03. The maximum Gasteiger partial charge on any atom is 0.220 e. The SMILES string of the molecule is O=C(CCCOc1cccc(Br)c1)NCCCn1cnc2ccccc21. The molecular formula is C20H22BrN3O2. The van der Waals surface area contributed by atoms with Crippen LogP contribution in [-0.4, -0.2) is 28.6 Å². The van der Waals surface area contributed by atoms with Gasteiger partial charge in [-0.25, -0.2) is 4.98 Å². The highest BCUT2D eigenvalue weighted by molar-refractivity contribution is 9.10. The van der Waals surface area contributed by atoms with Crippen LogP contribution in [0.25, 0.3) is 11.0 Å². The molecule has 0 radical (unpaired) electrons. The molecule has 0 fully saturated rings. The lowest BCUT2D eigenvalue weighted by Crippen LogP contribution is -2.25. The van der Waals surface area contributed by atoms with Crippen LogP contribution in [0.4, 0.5) is 0 Å². The summed E-state index contributed by atoms with van der Waals surface area (Å²) in [5.41, 5.74) is 2.13. The first kappa shape index (κ1) is 18.5. The normalized spacial score (nSPS) is 10.8. The molecule has 1 aromatic heterocycles. The Bertz CT molecular complexity index is 863. The molecule has 1 amide bonds. The number of aromatic nitrogens is 2. The average molecular weight is 416 g/mol. The number of rotatable bonds is 9. The van der Waals surface area contributed by atoms with Gasteiger partial charge in [0.25, 0.3) is 0 Å². The van der Waals surface area contributed by atoms with Gasteiger partial charge in [0.1, 0.15) is 5.75 Å². The van der Waals surface area contributed by atoms with Gasteiger partial charge in [0.05, 0.1) is 24.0 Å². The molecule has 136 valence electrons. The van der Waals surface area contributed by atoms with Crippen LogP contribution in [0.3, 0.4) is 0 Å². The van der Waals surface area contributed by atoms with Crippen molar-refractivity contribution in [2.45, 2.75) is 25.8 Å². The number of carbonyl (C=O) groups excluding carboxylic acids is 1. The van der Waals surface area contributed by atoms with Crippen LogP contribution in [0.5, 0.6) is 5.75 Å². The summed E-state index contributed by atoms with van der Waals surface area (Å²) in [5.74, 6) is 0.880. The molecule has 0 saturated heterocycles. The van der Waals surface area contributed by atoms with Crippen molar-refractivity contribution in [3.8, 4) is 5.75 Å². The number of ether oxygens (including phenoxy) is 1. The predicted octanol–water partition coefficient (Wildman–Crippen LogP) is 4.16. The van der Waals surface area contributed by atoms with Gasteiger partial charge in [0.2, 0.25) is 5.91 Å². The average Bonchev–Trinajstić information content (AvgIpc) is 3.06. The number of nitrogens with zero attached hydrogens (tertiary/aromatic N) is 2. The van der Waals surface area contributed by atoms with Crippen molar-refractivity contribution in [3.05, 3.63) is 59.3 Å². The fourth-order valence-electron chi connectivity index (χ4n) is 2.73. The van der Waals surface area contributed by atoms with Gasteiger partial charge >= 0.3 is 0 Å². The fraction of sp³-hybridized carbons (Fsp3) is 0.300. The number of halogens is 1. The van der Waals surface area contributed by atoms with Gasteiger partial charge in [-0.05, 0) is 43.2 Å². The fourth-order valence-corrected chi connectivity index (χ4v) is 3.11. The van der Waals surface area contributed by atoms with Gasteiger partial charge in [0, 0.05) is 24.0 Å². The number of nitrogens with one attached hydrogen (secondary N) is 1. The first-order valence-electron chi connectivity index (χ1n) is 8.77. The highest BCUT2D eigenvalue weighted by atomic mass is 79.9. The molecule has 0 saturated carbocycles. The van der Waals surface area contributed by atoms with Crippen molar-refractivity contribution in [1.29, 1.82) is 0 Å². The summed E-state index contributed by atoms with van der Waals surface area (Å²) in [6.45, 7) is 2.04. The van der Waals surface area contributed by atoms with Gasteiger partial charge in [-0.2, -0.15) is 0 Å². The Kier molecular flexibility index (Phi) is 6.66. The minimum absolute atomic E-state index is 0.0679. The van der Waals surface area contributed by atoms with E-state index < -0.39 is 0 Å². The molecule has 0 bridgehead atoms. The minimum Gasteiger partial charge on any atom is -0.494 e. The standard InChI is InChI=1S/C20H22BrN3O2/c21-16-6-3-7-17(14-16)26-13-4-10-20(25)22-11-5-12-24-15-23-18-8-1-2-9-19(18)24/h1-3,6-9,14-15H,4-5,10-13H2,(H,22,25). The van der Waals surface area contributed by atoms with Crippen molar-refractivity contribution < 1.29 is 9.53 Å². The van der Waals surface area contributed by atoms with Gasteiger partial charge in [0.15, 0.2) is 0 Å². The predicted molar refractivity (Wildman–Crippen MR) is 106 cm³/mol. The smallest absolute Gasteiger partial charge is 0.220 e. The Morgan fingerprint density at radius 1 is 1.15 bits per heavy atom. The number of imidazole rings is 1. The molecule has 1 heterocycles. The largest absolute Gasteiger partial charge is 0.494 e. The van der Waals surface area contributed by atoms with E-state index in [-0.39, 0.29) is 5.91 Å². The monoisotopic (exact) mass is 415 g/mol. The molecule has 0 aliphatic heterocycles. The molecule has 26 heavy (non-hydrogen) atoms. The molecule has 0 atom stereocenters. The van der Waals surface area contributed by atoms with Crippen LogP contribution >= 0.6 is 15.9 Å². The Labute approximate surface area is 161 Å². The summed E-state index contributed by atoms with van der Waals surface area (Å²) in [6.07, 6.45) is 3.90. The van der Waals surface area contributed by atoms with Gasteiger partial charge in [-0.15, -0.1) is 0 Å². The molecule has 3 rings (SSSR count). The number of carbonyl (C=O) groups is 1. The van der Waals surface area contributed by atoms with Crippen LogP contribution in [0.2, 0.25) is 0 Å². The maximum absolute atomic E-state index is 11.9. The van der Waals surface area contributed by atoms with Crippen molar-refractivity contribution in [3.63, 3.8) is 0 Å². The lowest BCUT2D eigenvalue weighted by atomic mass is 10.3. The molecule has 1 N–H and O–H groups in total. The Hall–Kier alpha value is -2.34. The number of fused-ring (bicyclic) bond motifs is 1. The zero-order valence-corrected chi connectivity index (χ0v) is 16.1. The minimum atomic E-state index is 0.0679. The molecule has 2 aromatic carbocycles. The maximum atomic E-state index is 11.9. The van der Waals surface area contributed by atoms with Crippen LogP contribution in [0, 0.1) is 0 Å². The second-order valence-corrected chi connectivity index (χ2v) is 6.96. The topological polar surface area (TPSA) is 56.1 Å². The molecular weight excluding hydrogens is 394 g/mol. The highest BCUT2D eigenvalue weighted by Crippen LogP contribution is 2.17. The van der Waals surface area contributed by atoms with E-state index in [1.54, 1.807) is 0 Å². The van der Waals surface area contributed by atoms with Crippen molar-refractivity contribution in [2.24, 2.45) is 0 Å². The molecule has 6 heteroatoms. The third-order valence-electron chi connectivity index (χ3n) is 4.04. The Balaban J connectivity index is 1.29. The third kappa shape index (κ3) is 5.33. The lowest BCUT2D eigenvalue weighted by Gasteiger charge is -2.08. The number of aryl methyl sites for hydroxylation is 1. The summed E-state index contributed by atoms with van der Waals surface area (Å²) in [5, 5.41) is 2.97. The number of benzene rings is 2. The molecule has 0 spiro atoms. The molecule has 0 unspecified atom stereocenters. The van der Waals surface area contributed by atoms with Crippen LogP contribution in [0.1, 0.15) is 19.3 Å². The summed E-state index contributed by atoms with van der Waals surface area (Å²) < 4.78 is 8.74. The van der Waals surface area contributed by atoms with E-state index in [1.165, 1.54) is 0 Å². The van der Waals surface area contributed by atoms with Crippen LogP contribution < -0.4 is 10.1 Å². The summed E-state index contributed by atoms with van der Waals surface area (Å²) in [6, 6.07) is 15.8. The summed E-state index contributed by atoms with van der Waals surface area (Å²) in [4.78, 5) is 16.3. The van der Waals surface area contributed by atoms with Gasteiger partial charge in [-0.1, -0.05) is 34.1 Å². The molecule has 3 aromatic rings. The summed E-state index contributed by atoms with van der Waals surface area (Å²) >= 11 is 3.41. The molecule has 5 nitrogen and oxygen atoms in total. The second kappa shape index (κ2) is 9.38. The number of hydrogen-bond donors (Lipinski definition) is 1. The Morgan fingerprint density at radius 2 is 2.04 bits per heavy atom. The van der Waals surface area contributed by atoms with Crippen molar-refractivity contribution in [1.82, 2.24) is 14.9 Å². The van der Waals surface area contributed by atoms with E-state index in [4.69, 9.17) is 4.74 Å². The molecule has 0 aliphatic carbocycles. The van der Waals surface area contributed by atoms with Crippen molar-refractivity contribution >= 4 is 32.9 Å². The van der Waals surface area contributed by atoms with Crippen LogP contribution in [0.15, 0.2) is 59.3 Å². The molecule has 0 aliphatic rings. The lowest BCUT2D eigenvalue weighted by molar-refractivity contribution is -0.121. The first-order valence-corrected chi connectivity index (χ1v) is 9.56. The van der Waals surface area contributed by atoms with E-state index in [0.717, 1.165) is 34.2 Å². The first-order chi connectivity index (χ1) is 12.7. The van der Waals surface area contributed by atoms with Gasteiger partial charge in [-0.3, -0.25) is 4.79 Å². The van der Waals surface area contributed by atoms with E-state index in [9.17, 15) is 4.79 Å². The number of hydrogen-bond acceptors (Lipinski definition) is 3. The van der Waals surface area contributed by atoms with E-state index in [2.05, 4.69) is 36.9 Å². The zero-order valence-electron chi connectivity index (χ0n) is 14.5. The van der Waals surface area contributed by atoms with Crippen molar-refractivity contribution in [2.75, 3.05) is 13.2 Å². The number of amides is 1. The quantitative estimate of drug-likeness (QED) is 0.533. The second-order valence-electron chi connectivity index (χ2n) is 6.04. The summed E-state index contributed by atoms with van der Waals surface area (Å²) in [7, 11) is 0. The van der Waals surface area contributed by atoms with Gasteiger partial charge < -0.3 is 14.6 Å². The van der Waals surface area contributed by atoms with E-state index >= 15 is 0 Å². The Morgan fingerprint density at radius 3 is 2.92 bits per heavy atom. The van der Waals surface area contributed by atoms with E-state index in [0.29, 0.717) is 26.0 Å². The zero-order chi connectivity index (χ0) is 18.2. The number of para-hydroxylation sites is 2. The van der Waals surface area contributed by atoms with Crippen LogP contribution in [-0.2, 0) is 11.3 Å². The van der Waals surface area contributed by atoms with E-state index in [1.807, 2.05) is 48.8 Å². The third-order valence-corrected chi connectivity index (χ3v) is 4.53.